The average Bonchev–Trinajstić information content (AvgIpc) is 2.45. The molecule has 0 atom stereocenters. The van der Waals surface area contributed by atoms with Gasteiger partial charge in [0.2, 0.25) is 5.56 Å². The van der Waals surface area contributed by atoms with Crippen LogP contribution in [-0.2, 0) is 13.1 Å². The highest BCUT2D eigenvalue weighted by molar-refractivity contribution is 5.93. The van der Waals surface area contributed by atoms with Crippen molar-refractivity contribution >= 4 is 5.91 Å². The number of nitrogens with two attached hydrogens (primary N) is 1. The molecule has 0 saturated heterocycles. The van der Waals surface area contributed by atoms with Crippen molar-refractivity contribution in [2.75, 3.05) is 0 Å². The van der Waals surface area contributed by atoms with Crippen LogP contribution in [0.4, 0.5) is 0 Å². The molecule has 0 radical (unpaired) electrons. The summed E-state index contributed by atoms with van der Waals surface area (Å²) < 4.78 is 0. The van der Waals surface area contributed by atoms with Crippen molar-refractivity contribution in [1.29, 1.82) is 0 Å². The second kappa shape index (κ2) is 5.97. The van der Waals surface area contributed by atoms with Gasteiger partial charge < -0.3 is 16.0 Å². The Balaban J connectivity index is 2.02. The van der Waals surface area contributed by atoms with E-state index in [1.807, 2.05) is 24.3 Å². The summed E-state index contributed by atoms with van der Waals surface area (Å²) in [6, 6.07) is 10.5. The summed E-state index contributed by atoms with van der Waals surface area (Å²) in [5.41, 5.74) is 7.60. The molecule has 1 aromatic heterocycles. The third-order valence-electron chi connectivity index (χ3n) is 2.72. The SMILES string of the molecule is NCc1cccc(CNC(=O)c2cc[nH]c(=O)c2)c1. The van der Waals surface area contributed by atoms with Crippen molar-refractivity contribution in [3.05, 3.63) is 69.6 Å². The van der Waals surface area contributed by atoms with Gasteiger partial charge in [-0.3, -0.25) is 9.59 Å². The first-order chi connectivity index (χ1) is 9.19. The van der Waals surface area contributed by atoms with E-state index in [4.69, 9.17) is 5.73 Å². The first kappa shape index (κ1) is 13.0. The molecule has 5 nitrogen and oxygen atoms in total. The predicted octanol–water partition coefficient (Wildman–Crippen LogP) is 0.764. The molecule has 2 rings (SSSR count). The molecule has 1 heterocycles. The number of hydrogen-bond donors (Lipinski definition) is 3. The number of hydrogen-bond acceptors (Lipinski definition) is 3. The lowest BCUT2D eigenvalue weighted by atomic mass is 10.1. The largest absolute Gasteiger partial charge is 0.348 e. The van der Waals surface area contributed by atoms with Crippen molar-refractivity contribution < 1.29 is 4.79 Å². The minimum Gasteiger partial charge on any atom is -0.348 e. The molecule has 19 heavy (non-hydrogen) atoms. The molecule has 0 unspecified atom stereocenters. The van der Waals surface area contributed by atoms with Crippen LogP contribution in [0.25, 0.3) is 0 Å². The fourth-order valence-corrected chi connectivity index (χ4v) is 1.74. The number of carbonyl (C=O) groups is 1. The summed E-state index contributed by atoms with van der Waals surface area (Å²) in [7, 11) is 0. The first-order valence-corrected chi connectivity index (χ1v) is 5.94. The first-order valence-electron chi connectivity index (χ1n) is 5.94. The average molecular weight is 257 g/mol. The molecule has 1 amide bonds. The second-order valence-electron chi connectivity index (χ2n) is 4.15. The van der Waals surface area contributed by atoms with Gasteiger partial charge in [-0.15, -0.1) is 0 Å². The minimum atomic E-state index is -0.294. The Kier molecular flexibility index (Phi) is 4.10. The van der Waals surface area contributed by atoms with Crippen LogP contribution in [0, 0.1) is 0 Å². The highest BCUT2D eigenvalue weighted by Crippen LogP contribution is 2.04. The number of pyridine rings is 1. The Bertz CT molecular complexity index is 634. The molecule has 98 valence electrons. The fourth-order valence-electron chi connectivity index (χ4n) is 1.74. The van der Waals surface area contributed by atoms with Gasteiger partial charge in [-0.05, 0) is 17.2 Å². The van der Waals surface area contributed by atoms with E-state index >= 15 is 0 Å². The number of carbonyl (C=O) groups excluding carboxylic acids is 1. The molecule has 0 aliphatic carbocycles. The highest BCUT2D eigenvalue weighted by atomic mass is 16.2. The Morgan fingerprint density at radius 2 is 2.00 bits per heavy atom. The third-order valence-corrected chi connectivity index (χ3v) is 2.72. The number of aromatic nitrogens is 1. The Morgan fingerprint density at radius 3 is 2.74 bits per heavy atom. The number of aromatic amines is 1. The molecule has 0 saturated carbocycles. The van der Waals surface area contributed by atoms with Gasteiger partial charge in [0.15, 0.2) is 0 Å². The van der Waals surface area contributed by atoms with Gasteiger partial charge in [0.25, 0.3) is 5.91 Å². The van der Waals surface area contributed by atoms with E-state index in [1.165, 1.54) is 12.3 Å². The Morgan fingerprint density at radius 1 is 1.21 bits per heavy atom. The van der Waals surface area contributed by atoms with E-state index in [2.05, 4.69) is 10.3 Å². The maximum Gasteiger partial charge on any atom is 0.251 e. The maximum absolute atomic E-state index is 11.8. The van der Waals surface area contributed by atoms with Crippen LogP contribution in [-0.4, -0.2) is 10.9 Å². The van der Waals surface area contributed by atoms with Crippen molar-refractivity contribution in [3.63, 3.8) is 0 Å². The topological polar surface area (TPSA) is 88.0 Å². The molecule has 0 fully saturated rings. The molecule has 5 heteroatoms. The van der Waals surface area contributed by atoms with E-state index in [-0.39, 0.29) is 11.5 Å². The van der Waals surface area contributed by atoms with Crippen LogP contribution in [0.15, 0.2) is 47.4 Å². The fraction of sp³-hybridized carbons (Fsp3) is 0.143. The van der Waals surface area contributed by atoms with Crippen LogP contribution in [0.3, 0.4) is 0 Å². The zero-order valence-electron chi connectivity index (χ0n) is 10.3. The molecule has 0 spiro atoms. The smallest absolute Gasteiger partial charge is 0.251 e. The molecule has 2 aromatic rings. The highest BCUT2D eigenvalue weighted by Gasteiger charge is 2.05. The van der Waals surface area contributed by atoms with E-state index in [9.17, 15) is 9.59 Å². The number of rotatable bonds is 4. The van der Waals surface area contributed by atoms with Crippen molar-refractivity contribution in [2.45, 2.75) is 13.1 Å². The van der Waals surface area contributed by atoms with E-state index in [0.717, 1.165) is 11.1 Å². The van der Waals surface area contributed by atoms with Crippen LogP contribution in [0.2, 0.25) is 0 Å². The molecule has 0 aliphatic rings. The Hall–Kier alpha value is -2.40. The number of H-pyrrole nitrogens is 1. The van der Waals surface area contributed by atoms with Crippen LogP contribution in [0.1, 0.15) is 21.5 Å². The number of nitrogens with one attached hydrogen (secondary N) is 2. The molecule has 1 aromatic carbocycles. The van der Waals surface area contributed by atoms with Crippen molar-refractivity contribution in [3.8, 4) is 0 Å². The van der Waals surface area contributed by atoms with Crippen molar-refractivity contribution in [2.24, 2.45) is 5.73 Å². The van der Waals surface area contributed by atoms with Gasteiger partial charge in [0.1, 0.15) is 0 Å². The summed E-state index contributed by atoms with van der Waals surface area (Å²) in [5.74, 6) is -0.274. The second-order valence-corrected chi connectivity index (χ2v) is 4.15. The molecular formula is C14H15N3O2. The van der Waals surface area contributed by atoms with Gasteiger partial charge in [-0.1, -0.05) is 24.3 Å². The molecule has 4 N–H and O–H groups in total. The van der Waals surface area contributed by atoms with Gasteiger partial charge in [0.05, 0.1) is 0 Å². The maximum atomic E-state index is 11.8. The van der Waals surface area contributed by atoms with E-state index in [1.54, 1.807) is 6.07 Å². The van der Waals surface area contributed by atoms with Crippen LogP contribution in [0.5, 0.6) is 0 Å². The lowest BCUT2D eigenvalue weighted by molar-refractivity contribution is 0.0950. The van der Waals surface area contributed by atoms with Gasteiger partial charge in [-0.2, -0.15) is 0 Å². The predicted molar refractivity (Wildman–Crippen MR) is 72.6 cm³/mol. The zero-order valence-corrected chi connectivity index (χ0v) is 10.3. The van der Waals surface area contributed by atoms with Crippen molar-refractivity contribution in [1.82, 2.24) is 10.3 Å². The van der Waals surface area contributed by atoms with Gasteiger partial charge >= 0.3 is 0 Å². The van der Waals surface area contributed by atoms with Crippen LogP contribution < -0.4 is 16.6 Å². The van der Waals surface area contributed by atoms with E-state index < -0.39 is 0 Å². The van der Waals surface area contributed by atoms with E-state index in [0.29, 0.717) is 18.7 Å². The molecule has 0 aliphatic heterocycles. The lowest BCUT2D eigenvalue weighted by Crippen LogP contribution is -2.24. The quantitative estimate of drug-likeness (QED) is 0.755. The summed E-state index contributed by atoms with van der Waals surface area (Å²) >= 11 is 0. The standard InChI is InChI=1S/C14H15N3O2/c15-8-10-2-1-3-11(6-10)9-17-14(19)12-4-5-16-13(18)7-12/h1-7H,8-9,15H2,(H,16,18)(H,17,19). The van der Waals surface area contributed by atoms with Gasteiger partial charge in [-0.25, -0.2) is 0 Å². The lowest BCUT2D eigenvalue weighted by Gasteiger charge is -2.06. The Labute approximate surface area is 110 Å². The molecular weight excluding hydrogens is 242 g/mol. The van der Waals surface area contributed by atoms with Gasteiger partial charge in [0, 0.05) is 30.9 Å². The summed E-state index contributed by atoms with van der Waals surface area (Å²) in [4.78, 5) is 25.4. The number of benzene rings is 1. The zero-order chi connectivity index (χ0) is 13.7. The normalized spacial score (nSPS) is 10.2. The molecule has 0 bridgehead atoms. The monoisotopic (exact) mass is 257 g/mol. The summed E-state index contributed by atoms with van der Waals surface area (Å²) in [6.07, 6.45) is 1.45. The third kappa shape index (κ3) is 3.53. The minimum absolute atomic E-state index is 0.274. The van der Waals surface area contributed by atoms with Crippen LogP contribution >= 0.6 is 0 Å². The summed E-state index contributed by atoms with van der Waals surface area (Å²) in [5, 5.41) is 2.76. The number of amides is 1. The summed E-state index contributed by atoms with van der Waals surface area (Å²) in [6.45, 7) is 0.870.